The second-order valence-corrected chi connectivity index (χ2v) is 9.39. The molecule has 36 heavy (non-hydrogen) atoms. The smallest absolute Gasteiger partial charge is 0.409 e. The molecular weight excluding hydrogens is 472 g/mol. The Bertz CT molecular complexity index is 562. The molecule has 0 aromatic heterocycles. The molecule has 0 bridgehead atoms. The van der Waals surface area contributed by atoms with Crippen LogP contribution in [-0.2, 0) is 18.9 Å². The van der Waals surface area contributed by atoms with Gasteiger partial charge >= 0.3 is 6.09 Å². The van der Waals surface area contributed by atoms with Crippen molar-refractivity contribution in [1.82, 2.24) is 19.6 Å². The average Bonchev–Trinajstić information content (AvgIpc) is 2.83. The van der Waals surface area contributed by atoms with Gasteiger partial charge in [0.25, 0.3) is 0 Å². The first kappa shape index (κ1) is 32.9. The van der Waals surface area contributed by atoms with E-state index in [0.29, 0.717) is 65.3 Å². The van der Waals surface area contributed by atoms with E-state index in [1.54, 1.807) is 26.2 Å². The summed E-state index contributed by atoms with van der Waals surface area (Å²) in [7, 11) is 6.09. The lowest BCUT2D eigenvalue weighted by Gasteiger charge is -2.33. The van der Waals surface area contributed by atoms with E-state index < -0.39 is 18.3 Å². The first-order valence-electron chi connectivity index (χ1n) is 12.8. The minimum Gasteiger partial charge on any atom is -0.453 e. The fourth-order valence-corrected chi connectivity index (χ4v) is 4.48. The number of ether oxygens (including phenoxy) is 4. The van der Waals surface area contributed by atoms with Gasteiger partial charge in [-0.1, -0.05) is 0 Å². The number of β-amino-alcohol motifs (C(OH)–C–C–N with tert-alkyl or cyclic N) is 3. The Hall–Kier alpha value is -1.09. The maximum atomic E-state index is 12.4. The van der Waals surface area contributed by atoms with Gasteiger partial charge < -0.3 is 39.2 Å². The average molecular weight is 523 g/mol. The summed E-state index contributed by atoms with van der Waals surface area (Å²) in [6.45, 7) is 7.37. The second-order valence-electron chi connectivity index (χ2n) is 9.39. The number of methoxy groups -OCH3 is 4. The van der Waals surface area contributed by atoms with Crippen LogP contribution < -0.4 is 0 Å². The van der Waals surface area contributed by atoms with Crippen molar-refractivity contribution in [2.45, 2.75) is 31.2 Å². The molecule has 1 fully saturated rings. The summed E-state index contributed by atoms with van der Waals surface area (Å²) in [6, 6.07) is 0. The number of amides is 1. The number of hydrogen-bond acceptors (Lipinski definition) is 11. The van der Waals surface area contributed by atoms with Crippen LogP contribution in [0.2, 0.25) is 0 Å². The molecule has 1 saturated heterocycles. The molecule has 0 aromatic rings. The van der Waals surface area contributed by atoms with Crippen molar-refractivity contribution in [3.05, 3.63) is 0 Å². The highest BCUT2D eigenvalue weighted by Gasteiger charge is 2.21. The summed E-state index contributed by atoms with van der Waals surface area (Å²) >= 11 is 0. The van der Waals surface area contributed by atoms with Crippen molar-refractivity contribution in [3.63, 3.8) is 0 Å². The molecule has 12 heteroatoms. The molecule has 0 spiro atoms. The standard InChI is InChI=1S/C24H50N4O8/c1-33-18-21(29)15-25-7-5-8-27(17-23(31)20-35-3)13-14-28(24(32)36-4)10-6-9-26(12-11-25)16-22(30)19-34-2/h21-23,29-31H,5-20H2,1-4H3. The maximum absolute atomic E-state index is 12.4. The minimum absolute atomic E-state index is 0.247. The molecule has 1 aliphatic heterocycles. The van der Waals surface area contributed by atoms with Gasteiger partial charge in [-0.05, 0) is 32.5 Å². The van der Waals surface area contributed by atoms with Crippen molar-refractivity contribution in [2.75, 3.05) is 120 Å². The van der Waals surface area contributed by atoms with E-state index in [1.807, 2.05) is 0 Å². The monoisotopic (exact) mass is 522 g/mol. The van der Waals surface area contributed by atoms with E-state index in [-0.39, 0.29) is 25.9 Å². The van der Waals surface area contributed by atoms with Crippen LogP contribution in [0.4, 0.5) is 4.79 Å². The third-order valence-electron chi connectivity index (χ3n) is 6.19. The van der Waals surface area contributed by atoms with Gasteiger partial charge in [-0.25, -0.2) is 4.79 Å². The quantitative estimate of drug-likeness (QED) is 0.285. The Morgan fingerprint density at radius 2 is 0.972 bits per heavy atom. The summed E-state index contributed by atoms with van der Waals surface area (Å²) in [5, 5.41) is 31.0. The molecule has 1 rings (SSSR count). The molecule has 1 aliphatic rings. The Labute approximate surface area is 216 Å². The fourth-order valence-electron chi connectivity index (χ4n) is 4.48. The number of aliphatic hydroxyl groups excluding tert-OH is 3. The number of carbonyl (C=O) groups excluding carboxylic acids is 1. The molecule has 3 atom stereocenters. The summed E-state index contributed by atoms with van der Waals surface area (Å²) in [5.41, 5.74) is 0. The Morgan fingerprint density at radius 3 is 1.33 bits per heavy atom. The van der Waals surface area contributed by atoms with E-state index in [0.717, 1.165) is 19.5 Å². The predicted molar refractivity (Wildman–Crippen MR) is 136 cm³/mol. The third kappa shape index (κ3) is 14.6. The van der Waals surface area contributed by atoms with E-state index in [9.17, 15) is 20.1 Å². The lowest BCUT2D eigenvalue weighted by molar-refractivity contribution is 0.0198. The zero-order valence-electron chi connectivity index (χ0n) is 22.7. The molecule has 3 N–H and O–H groups in total. The van der Waals surface area contributed by atoms with Crippen molar-refractivity contribution >= 4 is 6.09 Å². The highest BCUT2D eigenvalue weighted by molar-refractivity contribution is 5.67. The van der Waals surface area contributed by atoms with Crippen molar-refractivity contribution < 1.29 is 39.1 Å². The van der Waals surface area contributed by atoms with E-state index in [1.165, 1.54) is 7.11 Å². The Kier molecular flexibility index (Phi) is 18.3. The van der Waals surface area contributed by atoms with Crippen LogP contribution in [0, 0.1) is 0 Å². The zero-order chi connectivity index (χ0) is 26.8. The summed E-state index contributed by atoms with van der Waals surface area (Å²) in [6.07, 6.45) is -0.645. The van der Waals surface area contributed by atoms with Gasteiger partial charge in [-0.15, -0.1) is 0 Å². The lowest BCUT2D eigenvalue weighted by Crippen LogP contribution is -2.46. The van der Waals surface area contributed by atoms with Gasteiger partial charge in [-0.3, -0.25) is 14.7 Å². The molecule has 214 valence electrons. The summed E-state index contributed by atoms with van der Waals surface area (Å²) in [5.74, 6) is 0. The Morgan fingerprint density at radius 1 is 0.611 bits per heavy atom. The SMILES string of the molecule is COCC(O)CN1CCCN(CC(O)COC)CCN(C(=O)OC)CCCN(CC(O)COC)CC1. The third-order valence-corrected chi connectivity index (χ3v) is 6.19. The first-order chi connectivity index (χ1) is 17.3. The fraction of sp³-hybridized carbons (Fsp3) is 0.958. The second kappa shape index (κ2) is 19.9. The van der Waals surface area contributed by atoms with Crippen LogP contribution in [0.5, 0.6) is 0 Å². The van der Waals surface area contributed by atoms with Crippen LogP contribution in [0.3, 0.4) is 0 Å². The van der Waals surface area contributed by atoms with Gasteiger partial charge in [0, 0.05) is 73.7 Å². The molecule has 0 saturated carbocycles. The van der Waals surface area contributed by atoms with Crippen molar-refractivity contribution in [3.8, 4) is 0 Å². The van der Waals surface area contributed by atoms with Gasteiger partial charge in [0.2, 0.25) is 0 Å². The van der Waals surface area contributed by atoms with E-state index in [2.05, 4.69) is 14.7 Å². The topological polar surface area (TPSA) is 128 Å². The van der Waals surface area contributed by atoms with Crippen LogP contribution in [0.15, 0.2) is 0 Å². The number of carbonyl (C=O) groups is 1. The highest BCUT2D eigenvalue weighted by Crippen LogP contribution is 2.06. The molecule has 12 nitrogen and oxygen atoms in total. The van der Waals surface area contributed by atoms with Gasteiger partial charge in [0.15, 0.2) is 0 Å². The molecule has 3 unspecified atom stereocenters. The molecule has 0 radical (unpaired) electrons. The minimum atomic E-state index is -0.618. The number of hydrogen-bond donors (Lipinski definition) is 3. The lowest BCUT2D eigenvalue weighted by atomic mass is 10.2. The predicted octanol–water partition coefficient (Wildman–Crippen LogP) is -1.22. The molecular formula is C24H50N4O8. The van der Waals surface area contributed by atoms with E-state index in [4.69, 9.17) is 18.9 Å². The van der Waals surface area contributed by atoms with Crippen LogP contribution in [0.1, 0.15) is 12.8 Å². The number of nitrogens with zero attached hydrogens (tertiary/aromatic N) is 4. The van der Waals surface area contributed by atoms with Crippen LogP contribution >= 0.6 is 0 Å². The molecule has 0 aromatic carbocycles. The first-order valence-corrected chi connectivity index (χ1v) is 12.8. The van der Waals surface area contributed by atoms with Crippen molar-refractivity contribution in [2.24, 2.45) is 0 Å². The van der Waals surface area contributed by atoms with Crippen molar-refractivity contribution in [1.29, 1.82) is 0 Å². The van der Waals surface area contributed by atoms with Gasteiger partial charge in [0.05, 0.1) is 45.2 Å². The molecule has 1 heterocycles. The Balaban J connectivity index is 2.96. The van der Waals surface area contributed by atoms with E-state index >= 15 is 0 Å². The normalized spacial score (nSPS) is 21.0. The largest absolute Gasteiger partial charge is 0.453 e. The zero-order valence-corrected chi connectivity index (χ0v) is 22.7. The number of aliphatic hydroxyl groups is 3. The van der Waals surface area contributed by atoms with Crippen LogP contribution in [-0.4, -0.2) is 180 Å². The molecule has 0 aliphatic carbocycles. The summed E-state index contributed by atoms with van der Waals surface area (Å²) < 4.78 is 20.3. The maximum Gasteiger partial charge on any atom is 0.409 e. The highest BCUT2D eigenvalue weighted by atomic mass is 16.5. The van der Waals surface area contributed by atoms with Gasteiger partial charge in [-0.2, -0.15) is 0 Å². The van der Waals surface area contributed by atoms with Gasteiger partial charge in [0.1, 0.15) is 0 Å². The van der Waals surface area contributed by atoms with Crippen LogP contribution in [0.25, 0.3) is 0 Å². The number of rotatable bonds is 12. The molecule has 1 amide bonds. The summed E-state index contributed by atoms with van der Waals surface area (Å²) in [4.78, 5) is 20.6.